The van der Waals surface area contributed by atoms with E-state index in [1.165, 1.54) is 23.9 Å². The van der Waals surface area contributed by atoms with Gasteiger partial charge in [0.15, 0.2) is 4.34 Å². The average molecular weight is 456 g/mol. The van der Waals surface area contributed by atoms with Crippen LogP contribution in [-0.4, -0.2) is 34.1 Å². The van der Waals surface area contributed by atoms with E-state index in [9.17, 15) is 9.59 Å². The molecule has 0 fully saturated rings. The van der Waals surface area contributed by atoms with Crippen molar-refractivity contribution in [1.29, 1.82) is 0 Å². The van der Waals surface area contributed by atoms with Crippen molar-refractivity contribution >= 4 is 80.7 Å². The van der Waals surface area contributed by atoms with E-state index in [0.29, 0.717) is 15.0 Å². The Morgan fingerprint density at radius 1 is 1.19 bits per heavy atom. The highest BCUT2D eigenvalue weighted by atomic mass is 35.5. The summed E-state index contributed by atoms with van der Waals surface area (Å²) in [6, 6.07) is 2.94. The average Bonchev–Trinajstić information content (AvgIpc) is 2.99. The van der Waals surface area contributed by atoms with E-state index < -0.39 is 11.3 Å². The molecular formula is C14H13Cl3N4O3S2. The Bertz CT molecular complexity index is 819. The number of aromatic nitrogens is 2. The number of hydrogen-bond donors (Lipinski definition) is 2. The normalized spacial score (nSPS) is 11.7. The molecule has 12 heteroatoms. The van der Waals surface area contributed by atoms with E-state index in [1.807, 2.05) is 0 Å². The predicted molar refractivity (Wildman–Crippen MR) is 106 cm³/mol. The Hall–Kier alpha value is -1.26. The fourth-order valence-electron chi connectivity index (χ4n) is 1.62. The second-order valence-electron chi connectivity index (χ2n) is 4.71. The van der Waals surface area contributed by atoms with Gasteiger partial charge < -0.3 is 10.1 Å². The number of thioether (sulfide) groups is 1. The maximum absolute atomic E-state index is 12.3. The van der Waals surface area contributed by atoms with Gasteiger partial charge in [-0.15, -0.1) is 10.2 Å². The van der Waals surface area contributed by atoms with Crippen LogP contribution in [0.5, 0.6) is 0 Å². The van der Waals surface area contributed by atoms with Gasteiger partial charge in [0.1, 0.15) is 0 Å². The highest BCUT2D eigenvalue weighted by Gasteiger charge is 2.19. The third-order valence-corrected chi connectivity index (χ3v) is 5.86. The van der Waals surface area contributed by atoms with Gasteiger partial charge in [0.05, 0.1) is 32.6 Å². The summed E-state index contributed by atoms with van der Waals surface area (Å²) in [6.07, 6.45) is -0.611. The lowest BCUT2D eigenvalue weighted by atomic mass is 10.3. The molecule has 0 radical (unpaired) electrons. The fourth-order valence-corrected chi connectivity index (χ4v) is 4.10. The maximum atomic E-state index is 12.3. The molecule has 140 valence electrons. The van der Waals surface area contributed by atoms with E-state index >= 15 is 0 Å². The monoisotopic (exact) mass is 454 g/mol. The van der Waals surface area contributed by atoms with Gasteiger partial charge in [0, 0.05) is 0 Å². The van der Waals surface area contributed by atoms with Gasteiger partial charge in [-0.05, 0) is 26.0 Å². The Labute approximate surface area is 172 Å². The van der Waals surface area contributed by atoms with Crippen LogP contribution in [0.4, 0.5) is 15.6 Å². The van der Waals surface area contributed by atoms with Crippen LogP contribution < -0.4 is 10.6 Å². The van der Waals surface area contributed by atoms with Gasteiger partial charge in [-0.25, -0.2) is 4.79 Å². The van der Waals surface area contributed by atoms with Gasteiger partial charge >= 0.3 is 6.09 Å². The molecule has 0 saturated carbocycles. The van der Waals surface area contributed by atoms with Crippen molar-refractivity contribution in [3.05, 3.63) is 27.2 Å². The molecule has 0 aliphatic carbocycles. The summed E-state index contributed by atoms with van der Waals surface area (Å²) in [5.41, 5.74) is 0.362. The lowest BCUT2D eigenvalue weighted by molar-refractivity contribution is -0.115. The number of anilines is 2. The summed E-state index contributed by atoms with van der Waals surface area (Å²) in [6.45, 7) is 3.65. The molecule has 1 unspecified atom stereocenters. The number of carbonyl (C=O) groups is 2. The van der Waals surface area contributed by atoms with E-state index in [2.05, 4.69) is 20.8 Å². The summed E-state index contributed by atoms with van der Waals surface area (Å²) >= 11 is 20.2. The molecule has 0 aliphatic heterocycles. The van der Waals surface area contributed by atoms with Crippen molar-refractivity contribution in [3.63, 3.8) is 0 Å². The van der Waals surface area contributed by atoms with Crippen LogP contribution in [0.3, 0.4) is 0 Å². The first-order valence-corrected chi connectivity index (χ1v) is 10.0. The summed E-state index contributed by atoms with van der Waals surface area (Å²) in [4.78, 5) is 23.7. The van der Waals surface area contributed by atoms with E-state index in [-0.39, 0.29) is 27.7 Å². The predicted octanol–water partition coefficient (Wildman–Crippen LogP) is 5.19. The minimum atomic E-state index is -0.611. The Morgan fingerprint density at radius 3 is 2.58 bits per heavy atom. The Balaban J connectivity index is 1.96. The van der Waals surface area contributed by atoms with Gasteiger partial charge in [-0.1, -0.05) is 57.9 Å². The van der Waals surface area contributed by atoms with Crippen molar-refractivity contribution in [2.75, 3.05) is 17.2 Å². The number of nitrogens with zero attached hydrogens (tertiary/aromatic N) is 2. The molecule has 1 aromatic carbocycles. The molecule has 0 aliphatic rings. The van der Waals surface area contributed by atoms with Crippen LogP contribution >= 0.6 is 57.9 Å². The van der Waals surface area contributed by atoms with Gasteiger partial charge in [-0.3, -0.25) is 10.1 Å². The number of carbonyl (C=O) groups excluding carboxylic acids is 2. The standard InChI is InChI=1S/C14H13Cl3N4O3S2/c1-3-24-13(23)19-12-20-21-14(26-12)25-6(2)11(22)18-10-5-8(16)7(15)4-9(10)17/h4-6H,3H2,1-2H3,(H,18,22)(H,19,20,23). The Kier molecular flexibility index (Phi) is 7.78. The second kappa shape index (κ2) is 9.61. The minimum absolute atomic E-state index is 0.251. The van der Waals surface area contributed by atoms with Crippen molar-refractivity contribution in [2.45, 2.75) is 23.4 Å². The number of benzene rings is 1. The highest BCUT2D eigenvalue weighted by molar-refractivity contribution is 8.02. The van der Waals surface area contributed by atoms with Crippen molar-refractivity contribution in [1.82, 2.24) is 10.2 Å². The number of rotatable bonds is 6. The molecule has 7 nitrogen and oxygen atoms in total. The van der Waals surface area contributed by atoms with Gasteiger partial charge in [-0.2, -0.15) is 0 Å². The molecule has 2 N–H and O–H groups in total. The topological polar surface area (TPSA) is 93.2 Å². The number of ether oxygens (including phenoxy) is 1. The largest absolute Gasteiger partial charge is 0.450 e. The number of halogens is 3. The van der Waals surface area contributed by atoms with E-state index in [0.717, 1.165) is 11.3 Å². The maximum Gasteiger partial charge on any atom is 0.413 e. The SMILES string of the molecule is CCOC(=O)Nc1nnc(SC(C)C(=O)Nc2cc(Cl)c(Cl)cc2Cl)s1. The van der Waals surface area contributed by atoms with Crippen LogP contribution in [-0.2, 0) is 9.53 Å². The zero-order chi connectivity index (χ0) is 19.3. The molecule has 26 heavy (non-hydrogen) atoms. The van der Waals surface area contributed by atoms with Crippen molar-refractivity contribution in [3.8, 4) is 0 Å². The fraction of sp³-hybridized carbons (Fsp3) is 0.286. The quantitative estimate of drug-likeness (QED) is 0.354. The molecule has 1 heterocycles. The minimum Gasteiger partial charge on any atom is -0.450 e. The van der Waals surface area contributed by atoms with Crippen LogP contribution in [0, 0.1) is 0 Å². The van der Waals surface area contributed by atoms with Crippen molar-refractivity contribution in [2.24, 2.45) is 0 Å². The molecular weight excluding hydrogens is 443 g/mol. The van der Waals surface area contributed by atoms with E-state index in [4.69, 9.17) is 39.5 Å². The molecule has 0 saturated heterocycles. The smallest absolute Gasteiger partial charge is 0.413 e. The number of hydrogen-bond acceptors (Lipinski definition) is 7. The molecule has 0 bridgehead atoms. The van der Waals surface area contributed by atoms with Crippen LogP contribution in [0.25, 0.3) is 0 Å². The van der Waals surface area contributed by atoms with Gasteiger partial charge in [0.2, 0.25) is 11.0 Å². The highest BCUT2D eigenvalue weighted by Crippen LogP contribution is 2.33. The van der Waals surface area contributed by atoms with Crippen LogP contribution in [0.2, 0.25) is 15.1 Å². The van der Waals surface area contributed by atoms with Crippen LogP contribution in [0.15, 0.2) is 16.5 Å². The lowest BCUT2D eigenvalue weighted by Gasteiger charge is -2.12. The molecule has 2 rings (SSSR count). The molecule has 2 aromatic rings. The zero-order valence-corrected chi connectivity index (χ0v) is 17.4. The molecule has 0 spiro atoms. The molecule has 2 amide bonds. The first-order valence-electron chi connectivity index (χ1n) is 7.19. The molecule has 1 aromatic heterocycles. The lowest BCUT2D eigenvalue weighted by Crippen LogP contribution is -2.22. The Morgan fingerprint density at radius 2 is 1.88 bits per heavy atom. The third kappa shape index (κ3) is 5.88. The first kappa shape index (κ1) is 21.0. The number of amides is 2. The van der Waals surface area contributed by atoms with Crippen molar-refractivity contribution < 1.29 is 14.3 Å². The summed E-state index contributed by atoms with van der Waals surface area (Å²) in [7, 11) is 0. The first-order chi connectivity index (χ1) is 12.3. The summed E-state index contributed by atoms with van der Waals surface area (Å²) < 4.78 is 5.27. The van der Waals surface area contributed by atoms with Gasteiger partial charge in [0.25, 0.3) is 0 Å². The third-order valence-electron chi connectivity index (χ3n) is 2.81. The summed E-state index contributed by atoms with van der Waals surface area (Å²) in [5, 5.41) is 13.5. The number of nitrogens with one attached hydrogen (secondary N) is 2. The van der Waals surface area contributed by atoms with E-state index in [1.54, 1.807) is 13.8 Å². The molecule has 1 atom stereocenters. The summed E-state index contributed by atoms with van der Waals surface area (Å²) in [5.74, 6) is -0.301. The van der Waals surface area contributed by atoms with Crippen LogP contribution in [0.1, 0.15) is 13.8 Å². The second-order valence-corrected chi connectivity index (χ2v) is 8.50. The zero-order valence-electron chi connectivity index (χ0n) is 13.5.